The summed E-state index contributed by atoms with van der Waals surface area (Å²) in [4.78, 5) is 11.0. The van der Waals surface area contributed by atoms with Crippen LogP contribution < -0.4 is 5.32 Å². The Labute approximate surface area is 96.6 Å². The molecule has 0 aromatic heterocycles. The van der Waals surface area contributed by atoms with Crippen LogP contribution in [0.2, 0.25) is 0 Å². The van der Waals surface area contributed by atoms with E-state index in [-0.39, 0.29) is 5.88 Å². The zero-order valence-corrected chi connectivity index (χ0v) is 9.04. The number of carbonyl (C=O) groups excluding carboxylic acids is 1. The fourth-order valence-electron chi connectivity index (χ4n) is 1.48. The van der Waals surface area contributed by atoms with Crippen LogP contribution in [0.5, 0.6) is 0 Å². The van der Waals surface area contributed by atoms with Crippen molar-refractivity contribution in [3.8, 4) is 0 Å². The van der Waals surface area contributed by atoms with Crippen LogP contribution in [-0.2, 0) is 9.53 Å². The number of aliphatic hydroxyl groups excluding tert-OH is 4. The van der Waals surface area contributed by atoms with E-state index in [1.54, 1.807) is 0 Å². The van der Waals surface area contributed by atoms with Gasteiger partial charge in [-0.1, -0.05) is 0 Å². The topological polar surface area (TPSA) is 119 Å². The van der Waals surface area contributed by atoms with E-state index in [1.807, 2.05) is 0 Å². The molecule has 5 atom stereocenters. The van der Waals surface area contributed by atoms with Gasteiger partial charge >= 0.3 is 0 Å². The van der Waals surface area contributed by atoms with Gasteiger partial charge in [0, 0.05) is 0 Å². The molecule has 0 radical (unpaired) electrons. The number of hydrogen-bond donors (Lipinski definition) is 5. The molecule has 0 saturated carbocycles. The van der Waals surface area contributed by atoms with Crippen molar-refractivity contribution in [1.82, 2.24) is 5.32 Å². The maximum Gasteiger partial charge on any atom is 0.235 e. The summed E-state index contributed by atoms with van der Waals surface area (Å²) < 4.78 is 4.81. The molecule has 8 heteroatoms. The van der Waals surface area contributed by atoms with Crippen molar-refractivity contribution in [3.63, 3.8) is 0 Å². The lowest BCUT2D eigenvalue weighted by Gasteiger charge is -2.40. The summed E-state index contributed by atoms with van der Waals surface area (Å²) in [6.07, 6.45) is -5.43. The third-order valence-electron chi connectivity index (χ3n) is 2.35. The van der Waals surface area contributed by atoms with Crippen LogP contribution in [0.25, 0.3) is 0 Å². The van der Waals surface area contributed by atoms with Crippen LogP contribution in [-0.4, -0.2) is 69.5 Å². The second-order valence-corrected chi connectivity index (χ2v) is 3.72. The van der Waals surface area contributed by atoms with Crippen molar-refractivity contribution in [2.75, 3.05) is 12.5 Å². The van der Waals surface area contributed by atoms with Crippen molar-refractivity contribution >= 4 is 17.5 Å². The highest BCUT2D eigenvalue weighted by atomic mass is 35.5. The minimum atomic E-state index is -1.51. The Kier molecular flexibility index (Phi) is 4.90. The van der Waals surface area contributed by atoms with Gasteiger partial charge in [0.2, 0.25) is 5.91 Å². The highest BCUT2D eigenvalue weighted by Gasteiger charge is 2.44. The molecule has 1 aliphatic heterocycles. The van der Waals surface area contributed by atoms with Gasteiger partial charge in [0.25, 0.3) is 0 Å². The maximum absolute atomic E-state index is 11.0. The Morgan fingerprint density at radius 1 is 1.31 bits per heavy atom. The van der Waals surface area contributed by atoms with E-state index in [4.69, 9.17) is 21.4 Å². The fraction of sp³-hybridized carbons (Fsp3) is 0.875. The van der Waals surface area contributed by atoms with Gasteiger partial charge < -0.3 is 30.5 Å². The van der Waals surface area contributed by atoms with Gasteiger partial charge in [-0.15, -0.1) is 11.6 Å². The number of hydrogen-bond acceptors (Lipinski definition) is 6. The van der Waals surface area contributed by atoms with Crippen LogP contribution in [0.4, 0.5) is 0 Å². The molecule has 1 saturated heterocycles. The van der Waals surface area contributed by atoms with E-state index < -0.39 is 43.2 Å². The van der Waals surface area contributed by atoms with E-state index in [0.29, 0.717) is 0 Å². The summed E-state index contributed by atoms with van der Waals surface area (Å²) in [5.74, 6) is -0.946. The lowest BCUT2D eigenvalue weighted by atomic mass is 9.97. The highest BCUT2D eigenvalue weighted by Crippen LogP contribution is 2.19. The first kappa shape index (κ1) is 13.6. The quantitative estimate of drug-likeness (QED) is 0.346. The lowest BCUT2D eigenvalue weighted by Crippen LogP contribution is -2.64. The molecule has 1 fully saturated rings. The van der Waals surface area contributed by atoms with Gasteiger partial charge in [-0.25, -0.2) is 0 Å². The van der Waals surface area contributed by atoms with Gasteiger partial charge in [-0.3, -0.25) is 4.79 Å². The van der Waals surface area contributed by atoms with Crippen LogP contribution in [0.15, 0.2) is 0 Å². The summed E-state index contributed by atoms with van der Waals surface area (Å²) in [6.45, 7) is -0.550. The van der Waals surface area contributed by atoms with Crippen LogP contribution in [0, 0.1) is 0 Å². The molecule has 0 aliphatic carbocycles. The molecule has 1 heterocycles. The summed E-state index contributed by atoms with van der Waals surface area (Å²) in [5, 5.41) is 39.5. The summed E-state index contributed by atoms with van der Waals surface area (Å²) in [5.41, 5.74) is 0. The lowest BCUT2D eigenvalue weighted by molar-refractivity contribution is -0.253. The molecule has 94 valence electrons. The summed E-state index contributed by atoms with van der Waals surface area (Å²) >= 11 is 5.24. The Morgan fingerprint density at radius 2 is 1.94 bits per heavy atom. The van der Waals surface area contributed by atoms with Crippen LogP contribution >= 0.6 is 11.6 Å². The highest BCUT2D eigenvalue weighted by molar-refractivity contribution is 6.27. The average Bonchev–Trinajstić information content (AvgIpc) is 2.28. The smallest absolute Gasteiger partial charge is 0.235 e. The minimum Gasteiger partial charge on any atom is -0.394 e. The van der Waals surface area contributed by atoms with Gasteiger partial charge in [-0.05, 0) is 0 Å². The average molecular weight is 256 g/mol. The third kappa shape index (κ3) is 2.82. The first-order chi connectivity index (χ1) is 7.51. The molecule has 0 spiro atoms. The number of ether oxygens (including phenoxy) is 1. The van der Waals surface area contributed by atoms with E-state index in [2.05, 4.69) is 5.32 Å². The number of amides is 1. The number of halogens is 1. The van der Waals surface area contributed by atoms with E-state index in [9.17, 15) is 20.1 Å². The molecule has 1 aliphatic rings. The van der Waals surface area contributed by atoms with Gasteiger partial charge in [0.1, 0.15) is 30.2 Å². The Hall–Kier alpha value is -0.440. The van der Waals surface area contributed by atoms with Crippen molar-refractivity contribution in [1.29, 1.82) is 0 Å². The zero-order valence-electron chi connectivity index (χ0n) is 8.28. The first-order valence-corrected chi connectivity index (χ1v) is 5.20. The predicted octanol–water partition coefficient (Wildman–Crippen LogP) is -2.86. The van der Waals surface area contributed by atoms with Crippen LogP contribution in [0.3, 0.4) is 0 Å². The molecule has 7 nitrogen and oxygen atoms in total. The molecular formula is C8H14ClNO6. The second-order valence-electron chi connectivity index (χ2n) is 3.46. The normalized spacial score (nSPS) is 39.4. The molecule has 0 bridgehead atoms. The SMILES string of the molecule is O=C(CCl)N[C@@H]1C(O)C(O)C(CO)O[C@H]1O. The van der Waals surface area contributed by atoms with E-state index in [0.717, 1.165) is 0 Å². The van der Waals surface area contributed by atoms with Crippen molar-refractivity contribution in [3.05, 3.63) is 0 Å². The predicted molar refractivity (Wildman–Crippen MR) is 52.6 cm³/mol. The monoisotopic (exact) mass is 255 g/mol. The number of alkyl halides is 1. The number of aliphatic hydroxyl groups is 4. The Morgan fingerprint density at radius 3 is 2.44 bits per heavy atom. The van der Waals surface area contributed by atoms with Crippen molar-refractivity contribution in [2.45, 2.75) is 30.6 Å². The molecule has 0 aromatic rings. The molecule has 1 rings (SSSR count). The van der Waals surface area contributed by atoms with Gasteiger partial charge in [0.05, 0.1) is 6.61 Å². The fourth-order valence-corrected chi connectivity index (χ4v) is 1.55. The largest absolute Gasteiger partial charge is 0.394 e. The Bertz CT molecular complexity index is 253. The molecule has 0 aromatic carbocycles. The number of carbonyl (C=O) groups is 1. The summed E-state index contributed by atoms with van der Waals surface area (Å²) in [7, 11) is 0. The molecule has 3 unspecified atom stereocenters. The molecule has 5 N–H and O–H groups in total. The molecular weight excluding hydrogens is 242 g/mol. The Balaban J connectivity index is 2.67. The third-order valence-corrected chi connectivity index (χ3v) is 2.59. The minimum absolute atomic E-state index is 0.338. The number of nitrogens with one attached hydrogen (secondary N) is 1. The standard InChI is InChI=1S/C8H14ClNO6/c9-1-4(12)10-5-7(14)6(13)3(2-11)16-8(5)15/h3,5-8,11,13-15H,1-2H2,(H,10,12)/t3?,5-,6?,7?,8-/m1/s1. The molecule has 16 heavy (non-hydrogen) atoms. The molecule has 1 amide bonds. The zero-order chi connectivity index (χ0) is 12.3. The second kappa shape index (κ2) is 5.76. The van der Waals surface area contributed by atoms with Gasteiger partial charge in [0.15, 0.2) is 6.29 Å². The van der Waals surface area contributed by atoms with E-state index >= 15 is 0 Å². The maximum atomic E-state index is 11.0. The summed E-state index contributed by atoms with van der Waals surface area (Å²) in [6, 6.07) is -1.18. The van der Waals surface area contributed by atoms with Crippen molar-refractivity contribution < 1.29 is 30.0 Å². The van der Waals surface area contributed by atoms with E-state index in [1.165, 1.54) is 0 Å². The van der Waals surface area contributed by atoms with Gasteiger partial charge in [-0.2, -0.15) is 0 Å². The first-order valence-electron chi connectivity index (χ1n) is 4.67. The number of rotatable bonds is 3. The van der Waals surface area contributed by atoms with Crippen LogP contribution in [0.1, 0.15) is 0 Å². The van der Waals surface area contributed by atoms with Crippen molar-refractivity contribution in [2.24, 2.45) is 0 Å².